The summed E-state index contributed by atoms with van der Waals surface area (Å²) in [4.78, 5) is 0. The Bertz CT molecular complexity index is 245. The van der Waals surface area contributed by atoms with E-state index in [1.807, 2.05) is 25.1 Å². The lowest BCUT2D eigenvalue weighted by atomic mass is 10.1. The number of halogens is 1. The third kappa shape index (κ3) is 2.04. The molecule has 2 heteroatoms. The number of aliphatic hydroxyl groups excluding tert-OH is 1. The zero-order valence-electron chi connectivity index (χ0n) is 6.47. The van der Waals surface area contributed by atoms with Crippen molar-refractivity contribution in [2.45, 2.75) is 13.3 Å². The van der Waals surface area contributed by atoms with Gasteiger partial charge >= 0.3 is 0 Å². The van der Waals surface area contributed by atoms with Crippen molar-refractivity contribution in [3.8, 4) is 0 Å². The maximum Gasteiger partial charge on any atom is 0.0471 e. The van der Waals surface area contributed by atoms with Crippen molar-refractivity contribution >= 4 is 15.9 Å². The van der Waals surface area contributed by atoms with Gasteiger partial charge in [0.25, 0.3) is 0 Å². The summed E-state index contributed by atoms with van der Waals surface area (Å²) >= 11 is 3.47. The molecule has 0 bridgehead atoms. The van der Waals surface area contributed by atoms with Gasteiger partial charge in [0.2, 0.25) is 0 Å². The molecule has 0 radical (unpaired) electrons. The molecule has 60 valence electrons. The second kappa shape index (κ2) is 3.88. The van der Waals surface area contributed by atoms with E-state index in [1.165, 1.54) is 11.1 Å². The highest BCUT2D eigenvalue weighted by Gasteiger charge is 1.99. The van der Waals surface area contributed by atoms with Gasteiger partial charge in [0.05, 0.1) is 0 Å². The summed E-state index contributed by atoms with van der Waals surface area (Å²) in [6.45, 7) is 2.26. The van der Waals surface area contributed by atoms with Crippen LogP contribution < -0.4 is 0 Å². The Morgan fingerprint density at radius 1 is 1.45 bits per heavy atom. The minimum Gasteiger partial charge on any atom is -0.396 e. The van der Waals surface area contributed by atoms with Crippen LogP contribution in [0.25, 0.3) is 0 Å². The monoisotopic (exact) mass is 214 g/mol. The number of rotatable bonds is 2. The first-order valence-electron chi connectivity index (χ1n) is 3.60. The molecule has 0 aliphatic carbocycles. The number of hydrogen-bond donors (Lipinski definition) is 1. The first kappa shape index (κ1) is 8.75. The van der Waals surface area contributed by atoms with Crippen LogP contribution >= 0.6 is 15.9 Å². The molecule has 1 aromatic carbocycles. The van der Waals surface area contributed by atoms with Crippen LogP contribution in [0.4, 0.5) is 0 Å². The van der Waals surface area contributed by atoms with Gasteiger partial charge in [-0.05, 0) is 24.5 Å². The average Bonchev–Trinajstić information content (AvgIpc) is 1.99. The van der Waals surface area contributed by atoms with Crippen molar-refractivity contribution in [1.29, 1.82) is 0 Å². The van der Waals surface area contributed by atoms with Gasteiger partial charge < -0.3 is 5.11 Å². The van der Waals surface area contributed by atoms with Gasteiger partial charge in [0.15, 0.2) is 0 Å². The Kier molecular flexibility index (Phi) is 3.09. The Hall–Kier alpha value is -0.340. The number of hydrogen-bond acceptors (Lipinski definition) is 1. The first-order chi connectivity index (χ1) is 5.25. The summed E-state index contributed by atoms with van der Waals surface area (Å²) in [6, 6.07) is 6.07. The molecule has 1 N–H and O–H groups in total. The van der Waals surface area contributed by atoms with Crippen molar-refractivity contribution in [3.63, 3.8) is 0 Å². The van der Waals surface area contributed by atoms with E-state index in [-0.39, 0.29) is 6.61 Å². The van der Waals surface area contributed by atoms with E-state index in [1.54, 1.807) is 0 Å². The van der Waals surface area contributed by atoms with Gasteiger partial charge in [-0.1, -0.05) is 34.1 Å². The average molecular weight is 215 g/mol. The standard InChI is InChI=1S/C9H11BrO/c1-7-3-2-4-8(5-6-11)9(7)10/h2-4,11H,5-6H2,1H3. The normalized spacial score (nSPS) is 10.1. The lowest BCUT2D eigenvalue weighted by Crippen LogP contribution is -1.92. The SMILES string of the molecule is Cc1cccc(CCO)c1Br. The van der Waals surface area contributed by atoms with E-state index in [9.17, 15) is 0 Å². The molecular weight excluding hydrogens is 204 g/mol. The molecule has 0 unspecified atom stereocenters. The zero-order chi connectivity index (χ0) is 8.27. The van der Waals surface area contributed by atoms with E-state index in [0.717, 1.165) is 10.9 Å². The molecule has 0 saturated heterocycles. The van der Waals surface area contributed by atoms with Crippen LogP contribution in [0.3, 0.4) is 0 Å². The molecule has 1 aromatic rings. The molecule has 0 amide bonds. The van der Waals surface area contributed by atoms with E-state index < -0.39 is 0 Å². The summed E-state index contributed by atoms with van der Waals surface area (Å²) in [6.07, 6.45) is 0.724. The molecule has 0 fully saturated rings. The fourth-order valence-corrected chi connectivity index (χ4v) is 1.48. The molecule has 0 atom stereocenters. The van der Waals surface area contributed by atoms with Crippen LogP contribution in [0.1, 0.15) is 11.1 Å². The Balaban J connectivity index is 2.96. The van der Waals surface area contributed by atoms with Gasteiger partial charge in [-0.2, -0.15) is 0 Å². The van der Waals surface area contributed by atoms with Gasteiger partial charge in [0, 0.05) is 11.1 Å². The summed E-state index contributed by atoms with van der Waals surface area (Å²) in [5.74, 6) is 0. The number of aliphatic hydroxyl groups is 1. The predicted octanol–water partition coefficient (Wildman–Crippen LogP) is 2.29. The maximum atomic E-state index is 8.71. The molecule has 0 aliphatic heterocycles. The highest BCUT2D eigenvalue weighted by atomic mass is 79.9. The molecule has 0 aromatic heterocycles. The fourth-order valence-electron chi connectivity index (χ4n) is 1.02. The molecular formula is C9H11BrO. The molecule has 0 spiro atoms. The first-order valence-corrected chi connectivity index (χ1v) is 4.40. The zero-order valence-corrected chi connectivity index (χ0v) is 8.06. The lowest BCUT2D eigenvalue weighted by molar-refractivity contribution is 0.299. The van der Waals surface area contributed by atoms with Crippen LogP contribution in [0.15, 0.2) is 22.7 Å². The molecule has 0 aliphatic rings. The lowest BCUT2D eigenvalue weighted by Gasteiger charge is -2.03. The summed E-state index contributed by atoms with van der Waals surface area (Å²) < 4.78 is 1.12. The van der Waals surface area contributed by atoms with E-state index in [4.69, 9.17) is 5.11 Å². The van der Waals surface area contributed by atoms with Gasteiger partial charge in [-0.25, -0.2) is 0 Å². The van der Waals surface area contributed by atoms with Gasteiger partial charge in [-0.3, -0.25) is 0 Å². The second-order valence-electron chi connectivity index (χ2n) is 2.52. The number of benzene rings is 1. The van der Waals surface area contributed by atoms with E-state index in [2.05, 4.69) is 15.9 Å². The Labute approximate surface area is 75.2 Å². The smallest absolute Gasteiger partial charge is 0.0471 e. The minimum atomic E-state index is 0.210. The van der Waals surface area contributed by atoms with Crippen molar-refractivity contribution in [2.24, 2.45) is 0 Å². The maximum absolute atomic E-state index is 8.71. The second-order valence-corrected chi connectivity index (χ2v) is 3.31. The van der Waals surface area contributed by atoms with E-state index >= 15 is 0 Å². The van der Waals surface area contributed by atoms with Crippen molar-refractivity contribution in [1.82, 2.24) is 0 Å². The Morgan fingerprint density at radius 2 is 2.18 bits per heavy atom. The minimum absolute atomic E-state index is 0.210. The van der Waals surface area contributed by atoms with Crippen molar-refractivity contribution in [3.05, 3.63) is 33.8 Å². The summed E-state index contributed by atoms with van der Waals surface area (Å²) in [7, 11) is 0. The van der Waals surface area contributed by atoms with Crippen LogP contribution in [0.2, 0.25) is 0 Å². The van der Waals surface area contributed by atoms with Crippen LogP contribution in [-0.2, 0) is 6.42 Å². The molecule has 1 nitrogen and oxygen atoms in total. The molecule has 11 heavy (non-hydrogen) atoms. The highest BCUT2D eigenvalue weighted by Crippen LogP contribution is 2.20. The van der Waals surface area contributed by atoms with Gasteiger partial charge in [0.1, 0.15) is 0 Å². The van der Waals surface area contributed by atoms with E-state index in [0.29, 0.717) is 0 Å². The fraction of sp³-hybridized carbons (Fsp3) is 0.333. The molecule has 1 rings (SSSR count). The number of aryl methyl sites for hydroxylation is 1. The third-order valence-corrected chi connectivity index (χ3v) is 2.79. The van der Waals surface area contributed by atoms with Crippen molar-refractivity contribution < 1.29 is 5.11 Å². The van der Waals surface area contributed by atoms with Crippen LogP contribution in [0.5, 0.6) is 0 Å². The largest absolute Gasteiger partial charge is 0.396 e. The van der Waals surface area contributed by atoms with Gasteiger partial charge in [-0.15, -0.1) is 0 Å². The molecule has 0 saturated carbocycles. The highest BCUT2D eigenvalue weighted by molar-refractivity contribution is 9.10. The van der Waals surface area contributed by atoms with Crippen LogP contribution in [-0.4, -0.2) is 11.7 Å². The van der Waals surface area contributed by atoms with Crippen molar-refractivity contribution in [2.75, 3.05) is 6.61 Å². The summed E-state index contributed by atoms with van der Waals surface area (Å²) in [5, 5.41) is 8.71. The Morgan fingerprint density at radius 3 is 2.82 bits per heavy atom. The molecule has 0 heterocycles. The third-order valence-electron chi connectivity index (χ3n) is 1.65. The predicted molar refractivity (Wildman–Crippen MR) is 49.7 cm³/mol. The topological polar surface area (TPSA) is 20.2 Å². The quantitative estimate of drug-likeness (QED) is 0.802. The summed E-state index contributed by atoms with van der Waals surface area (Å²) in [5.41, 5.74) is 2.39. The van der Waals surface area contributed by atoms with Crippen LogP contribution in [0, 0.1) is 6.92 Å².